The molecule has 2 heterocycles. The van der Waals surface area contributed by atoms with Crippen molar-refractivity contribution in [1.82, 2.24) is 9.78 Å². The lowest BCUT2D eigenvalue weighted by Crippen LogP contribution is -1.96. The molecule has 0 atom stereocenters. The molecule has 0 aliphatic carbocycles. The van der Waals surface area contributed by atoms with Crippen LogP contribution in [0, 0.1) is 0 Å². The fraction of sp³-hybridized carbons (Fsp3) is 0.154. The summed E-state index contributed by atoms with van der Waals surface area (Å²) in [4.78, 5) is 1.15. The van der Waals surface area contributed by atoms with Crippen molar-refractivity contribution >= 4 is 38.7 Å². The maximum Gasteiger partial charge on any atom is 0.0729 e. The molecule has 0 bridgehead atoms. The van der Waals surface area contributed by atoms with E-state index < -0.39 is 0 Å². The fourth-order valence-electron chi connectivity index (χ4n) is 1.87. The third kappa shape index (κ3) is 2.09. The largest absolute Gasteiger partial charge is 0.378 e. The average Bonchev–Trinajstić information content (AvgIpc) is 2.92. The van der Waals surface area contributed by atoms with Crippen LogP contribution >= 0.6 is 22.9 Å². The molecule has 1 aromatic carbocycles. The Bertz CT molecular complexity index is 686. The van der Waals surface area contributed by atoms with Gasteiger partial charge in [-0.25, -0.2) is 0 Å². The van der Waals surface area contributed by atoms with Gasteiger partial charge in [0.1, 0.15) is 0 Å². The first-order valence-electron chi connectivity index (χ1n) is 5.62. The number of anilines is 1. The minimum absolute atomic E-state index is 0.726. The van der Waals surface area contributed by atoms with Crippen LogP contribution in [0.1, 0.15) is 4.88 Å². The predicted octanol–water partition coefficient (Wildman–Crippen LogP) is 3.90. The fourth-order valence-corrected chi connectivity index (χ4v) is 3.31. The summed E-state index contributed by atoms with van der Waals surface area (Å²) in [5, 5.41) is 9.43. The molecule has 0 spiro atoms. The highest BCUT2D eigenvalue weighted by atomic mass is 35.5. The molecule has 0 saturated heterocycles. The molecule has 92 valence electrons. The maximum atomic E-state index is 6.38. The Balaban J connectivity index is 1.84. The van der Waals surface area contributed by atoms with E-state index in [-0.39, 0.29) is 0 Å². The van der Waals surface area contributed by atoms with E-state index in [1.807, 2.05) is 25.4 Å². The second-order valence-corrected chi connectivity index (χ2v) is 5.61. The normalized spacial score (nSPS) is 11.0. The van der Waals surface area contributed by atoms with E-state index >= 15 is 0 Å². The van der Waals surface area contributed by atoms with E-state index in [0.717, 1.165) is 27.5 Å². The van der Waals surface area contributed by atoms with Crippen LogP contribution < -0.4 is 5.32 Å². The molecule has 3 nitrogen and oxygen atoms in total. The average molecular weight is 278 g/mol. The lowest BCUT2D eigenvalue weighted by atomic mass is 10.2. The second kappa shape index (κ2) is 4.63. The van der Waals surface area contributed by atoms with Crippen molar-refractivity contribution in [1.29, 1.82) is 0 Å². The van der Waals surface area contributed by atoms with Crippen molar-refractivity contribution in [2.75, 3.05) is 5.32 Å². The lowest BCUT2D eigenvalue weighted by molar-refractivity contribution is 0.768. The quantitative estimate of drug-likeness (QED) is 0.787. The molecule has 0 fully saturated rings. The molecule has 3 aromatic rings. The first-order chi connectivity index (χ1) is 8.74. The zero-order valence-electron chi connectivity index (χ0n) is 9.85. The Morgan fingerprint density at radius 3 is 2.94 bits per heavy atom. The van der Waals surface area contributed by atoms with E-state index in [1.54, 1.807) is 22.2 Å². The van der Waals surface area contributed by atoms with E-state index in [9.17, 15) is 0 Å². The Labute approximate surface area is 114 Å². The smallest absolute Gasteiger partial charge is 0.0729 e. The van der Waals surface area contributed by atoms with Crippen molar-refractivity contribution in [3.8, 4) is 0 Å². The first-order valence-corrected chi connectivity index (χ1v) is 6.82. The summed E-state index contributed by atoms with van der Waals surface area (Å²) in [5.41, 5.74) is 1.01. The number of aromatic nitrogens is 2. The summed E-state index contributed by atoms with van der Waals surface area (Å²) in [5.74, 6) is 0. The maximum absolute atomic E-state index is 6.38. The second-order valence-electron chi connectivity index (χ2n) is 4.09. The van der Waals surface area contributed by atoms with Gasteiger partial charge in [-0.15, -0.1) is 11.3 Å². The highest BCUT2D eigenvalue weighted by Crippen LogP contribution is 2.35. The van der Waals surface area contributed by atoms with E-state index in [2.05, 4.69) is 22.5 Å². The van der Waals surface area contributed by atoms with Crippen molar-refractivity contribution in [2.24, 2.45) is 7.05 Å². The molecular formula is C13H12ClN3S. The van der Waals surface area contributed by atoms with Gasteiger partial charge in [0.25, 0.3) is 0 Å². The number of fused-ring (bicyclic) bond motifs is 1. The van der Waals surface area contributed by atoms with Gasteiger partial charge in [-0.1, -0.05) is 29.8 Å². The molecule has 0 unspecified atom stereocenters. The number of hydrogen-bond donors (Lipinski definition) is 1. The summed E-state index contributed by atoms with van der Waals surface area (Å²) < 4.78 is 3.00. The van der Waals surface area contributed by atoms with Crippen LogP contribution in [0.4, 0.5) is 5.69 Å². The summed E-state index contributed by atoms with van der Waals surface area (Å²) in [7, 11) is 1.90. The summed E-state index contributed by atoms with van der Waals surface area (Å²) in [6, 6.07) is 8.20. The van der Waals surface area contributed by atoms with Gasteiger partial charge in [0.05, 0.1) is 23.5 Å². The molecule has 0 radical (unpaired) electrons. The Morgan fingerprint density at radius 2 is 2.22 bits per heavy atom. The number of thiophene rings is 1. The van der Waals surface area contributed by atoms with Crippen molar-refractivity contribution in [3.05, 3.63) is 46.6 Å². The molecule has 0 aliphatic heterocycles. The topological polar surface area (TPSA) is 29.9 Å². The molecule has 2 aromatic heterocycles. The zero-order chi connectivity index (χ0) is 12.5. The van der Waals surface area contributed by atoms with Gasteiger partial charge >= 0.3 is 0 Å². The third-order valence-corrected chi connectivity index (χ3v) is 4.47. The van der Waals surface area contributed by atoms with Crippen molar-refractivity contribution in [2.45, 2.75) is 6.54 Å². The number of rotatable bonds is 3. The molecule has 18 heavy (non-hydrogen) atoms. The molecule has 1 N–H and O–H groups in total. The third-order valence-electron chi connectivity index (χ3n) is 2.76. The number of nitrogens with one attached hydrogen (secondary N) is 1. The minimum Gasteiger partial charge on any atom is -0.378 e. The highest BCUT2D eigenvalue weighted by Gasteiger charge is 2.09. The van der Waals surface area contributed by atoms with Crippen LogP contribution in [0.25, 0.3) is 10.1 Å². The predicted molar refractivity (Wildman–Crippen MR) is 77.4 cm³/mol. The highest BCUT2D eigenvalue weighted by molar-refractivity contribution is 7.19. The molecule has 0 saturated carbocycles. The molecule has 0 aliphatic rings. The molecule has 5 heteroatoms. The number of benzene rings is 1. The Hall–Kier alpha value is -1.52. The zero-order valence-corrected chi connectivity index (χ0v) is 11.4. The summed E-state index contributed by atoms with van der Waals surface area (Å²) in [6.45, 7) is 0.726. The van der Waals surface area contributed by atoms with Crippen molar-refractivity contribution < 1.29 is 0 Å². The monoisotopic (exact) mass is 277 g/mol. The molecule has 0 amide bonds. The van der Waals surface area contributed by atoms with E-state index in [1.165, 1.54) is 4.70 Å². The van der Waals surface area contributed by atoms with Crippen LogP contribution in [0.5, 0.6) is 0 Å². The number of nitrogens with zero attached hydrogens (tertiary/aromatic N) is 2. The molecular weight excluding hydrogens is 266 g/mol. The van der Waals surface area contributed by atoms with Crippen molar-refractivity contribution in [3.63, 3.8) is 0 Å². The van der Waals surface area contributed by atoms with Gasteiger partial charge in [-0.05, 0) is 6.07 Å². The lowest BCUT2D eigenvalue weighted by Gasteiger charge is -2.01. The van der Waals surface area contributed by atoms with Gasteiger partial charge in [0.2, 0.25) is 0 Å². The van der Waals surface area contributed by atoms with Gasteiger partial charge in [0.15, 0.2) is 0 Å². The van der Waals surface area contributed by atoms with Crippen LogP contribution in [0.15, 0.2) is 36.7 Å². The first kappa shape index (κ1) is 11.6. The van der Waals surface area contributed by atoms with E-state index in [4.69, 9.17) is 11.6 Å². The van der Waals surface area contributed by atoms with Gasteiger partial charge < -0.3 is 5.32 Å². The standard InChI is InChI=1S/C13H12ClN3S/c1-17-8-9(6-16-17)15-7-12-13(14)10-4-2-3-5-11(10)18-12/h2-6,8,15H,7H2,1H3. The molecule has 3 rings (SSSR count). The SMILES string of the molecule is Cn1cc(NCc2sc3ccccc3c2Cl)cn1. The summed E-state index contributed by atoms with van der Waals surface area (Å²) >= 11 is 8.11. The summed E-state index contributed by atoms with van der Waals surface area (Å²) in [6.07, 6.45) is 3.75. The minimum atomic E-state index is 0.726. The number of hydrogen-bond acceptors (Lipinski definition) is 3. The van der Waals surface area contributed by atoms with Crippen LogP contribution in [0.3, 0.4) is 0 Å². The number of halogens is 1. The van der Waals surface area contributed by atoms with Crippen LogP contribution in [-0.4, -0.2) is 9.78 Å². The van der Waals surface area contributed by atoms with Gasteiger partial charge in [0, 0.05) is 28.2 Å². The van der Waals surface area contributed by atoms with Crippen LogP contribution in [-0.2, 0) is 13.6 Å². The van der Waals surface area contributed by atoms with Gasteiger partial charge in [-0.3, -0.25) is 4.68 Å². The number of aryl methyl sites for hydroxylation is 1. The Kier molecular flexibility index (Phi) is 2.97. The van der Waals surface area contributed by atoms with E-state index in [0.29, 0.717) is 0 Å². The van der Waals surface area contributed by atoms with Crippen LogP contribution in [0.2, 0.25) is 5.02 Å². The van der Waals surface area contributed by atoms with Gasteiger partial charge in [-0.2, -0.15) is 5.10 Å². The Morgan fingerprint density at radius 1 is 1.39 bits per heavy atom.